The predicted molar refractivity (Wildman–Crippen MR) is 151 cm³/mol. The lowest BCUT2D eigenvalue weighted by molar-refractivity contribution is -0.172. The fraction of sp³-hybridized carbons (Fsp3) is 0.250. The Morgan fingerprint density at radius 2 is 1.30 bits per heavy atom. The molecular weight excluding hydrogens is 480 g/mol. The normalized spacial score (nSPS) is 17.9. The number of hydrogen-bond donors (Lipinski definition) is 0. The van der Waals surface area contributed by atoms with Gasteiger partial charge in [0, 0.05) is 9.81 Å². The third-order valence-corrected chi connectivity index (χ3v) is 7.42. The van der Waals surface area contributed by atoms with Crippen LogP contribution in [0.5, 0.6) is 0 Å². The summed E-state index contributed by atoms with van der Waals surface area (Å²) in [6.45, 7) is 5.86. The molecule has 0 amide bonds. The molecule has 2 aromatic rings. The topological polar surface area (TPSA) is 52.6 Å². The molecule has 0 spiro atoms. The molecule has 0 unspecified atom stereocenters. The van der Waals surface area contributed by atoms with Crippen LogP contribution in [0.25, 0.3) is 9.81 Å². The van der Waals surface area contributed by atoms with Crippen LogP contribution in [0.1, 0.15) is 44.7 Å². The van der Waals surface area contributed by atoms with E-state index < -0.39 is 17.4 Å². The van der Waals surface area contributed by atoms with Crippen molar-refractivity contribution < 1.29 is 19.1 Å². The van der Waals surface area contributed by atoms with Crippen molar-refractivity contribution in [3.8, 4) is 0 Å². The van der Waals surface area contributed by atoms with E-state index in [0.717, 1.165) is 37.7 Å². The largest absolute Gasteiger partial charge is 0.465 e. The van der Waals surface area contributed by atoms with E-state index in [0.29, 0.717) is 6.42 Å². The van der Waals surface area contributed by atoms with Gasteiger partial charge >= 0.3 is 11.9 Å². The molecule has 4 rings (SSSR count). The lowest BCUT2D eigenvalue weighted by Crippen LogP contribution is -2.44. The van der Waals surface area contributed by atoms with E-state index in [4.69, 9.17) is 9.47 Å². The summed E-state index contributed by atoms with van der Waals surface area (Å²) in [6, 6.07) is 20.7. The first kappa shape index (κ1) is 26.5. The molecule has 0 N–H and O–H groups in total. The summed E-state index contributed by atoms with van der Waals surface area (Å²) in [6.07, 6.45) is 11.0. The third kappa shape index (κ3) is 6.23. The lowest BCUT2D eigenvalue weighted by atomic mass is 9.72. The van der Waals surface area contributed by atoms with Crippen molar-refractivity contribution in [1.29, 1.82) is 0 Å². The van der Waals surface area contributed by atoms with E-state index in [-0.39, 0.29) is 19.6 Å². The van der Waals surface area contributed by atoms with Gasteiger partial charge < -0.3 is 9.47 Å². The summed E-state index contributed by atoms with van der Waals surface area (Å²) in [4.78, 5) is 28.4. The van der Waals surface area contributed by atoms with Crippen molar-refractivity contribution in [3.05, 3.63) is 119 Å². The molecule has 0 saturated carbocycles. The first-order valence-corrected chi connectivity index (χ1v) is 13.4. The van der Waals surface area contributed by atoms with Crippen LogP contribution >= 0.6 is 11.8 Å². The maximum atomic E-state index is 13.0. The van der Waals surface area contributed by atoms with Gasteiger partial charge in [-0.25, -0.2) is 0 Å². The van der Waals surface area contributed by atoms with Crippen LogP contribution in [0, 0.1) is 5.41 Å². The van der Waals surface area contributed by atoms with Gasteiger partial charge in [0.25, 0.3) is 0 Å². The Bertz CT molecular complexity index is 1220. The number of allylic oxidation sites excluding steroid dienone is 8. The van der Waals surface area contributed by atoms with E-state index in [2.05, 4.69) is 48.6 Å². The number of carbonyl (C=O) groups is 2. The third-order valence-electron chi connectivity index (χ3n) is 6.27. The van der Waals surface area contributed by atoms with Crippen molar-refractivity contribution in [2.24, 2.45) is 5.41 Å². The van der Waals surface area contributed by atoms with Gasteiger partial charge in [0.1, 0.15) is 0 Å². The molecule has 190 valence electrons. The number of benzene rings is 2. The van der Waals surface area contributed by atoms with E-state index in [1.165, 1.54) is 0 Å². The van der Waals surface area contributed by atoms with E-state index in [9.17, 15) is 9.59 Å². The van der Waals surface area contributed by atoms with Crippen LogP contribution in [0.2, 0.25) is 0 Å². The molecule has 1 aliphatic heterocycles. The Morgan fingerprint density at radius 1 is 0.784 bits per heavy atom. The van der Waals surface area contributed by atoms with Crippen molar-refractivity contribution in [1.82, 2.24) is 0 Å². The molecule has 0 radical (unpaired) electrons. The first-order valence-electron chi connectivity index (χ1n) is 12.6. The number of rotatable bonds is 7. The van der Waals surface area contributed by atoms with Crippen molar-refractivity contribution >= 4 is 33.5 Å². The summed E-state index contributed by atoms with van der Waals surface area (Å²) in [5.74, 6) is -1.04. The quantitative estimate of drug-likeness (QED) is 0.284. The second kappa shape index (κ2) is 12.1. The first-order chi connectivity index (χ1) is 17.9. The minimum atomic E-state index is -1.35. The van der Waals surface area contributed by atoms with Gasteiger partial charge in [0.2, 0.25) is 0 Å². The zero-order valence-electron chi connectivity index (χ0n) is 21.5. The second-order valence-electron chi connectivity index (χ2n) is 9.13. The molecule has 2 aliphatic rings. The van der Waals surface area contributed by atoms with Gasteiger partial charge in [-0.1, -0.05) is 96.2 Å². The number of hydrogen-bond acceptors (Lipinski definition) is 5. The van der Waals surface area contributed by atoms with Gasteiger partial charge in [-0.3, -0.25) is 9.59 Å². The molecule has 1 heterocycles. The van der Waals surface area contributed by atoms with Crippen molar-refractivity contribution in [2.75, 3.05) is 13.2 Å². The predicted octanol–water partition coefficient (Wildman–Crippen LogP) is 7.52. The molecule has 0 aromatic heterocycles. The number of ether oxygens (including phenoxy) is 2. The minimum Gasteiger partial charge on any atom is -0.465 e. The lowest BCUT2D eigenvalue weighted by Gasteiger charge is -2.33. The summed E-state index contributed by atoms with van der Waals surface area (Å²) in [5.41, 5.74) is 3.83. The second-order valence-corrected chi connectivity index (χ2v) is 10.2. The smallest absolute Gasteiger partial charge is 0.324 e. The highest BCUT2D eigenvalue weighted by molar-refractivity contribution is 8.16. The molecule has 0 saturated heterocycles. The zero-order chi connectivity index (χ0) is 26.3. The molecule has 37 heavy (non-hydrogen) atoms. The monoisotopic (exact) mass is 512 g/mol. The Balaban J connectivity index is 1.73. The highest BCUT2D eigenvalue weighted by atomic mass is 32.2. The van der Waals surface area contributed by atoms with Crippen molar-refractivity contribution in [3.63, 3.8) is 0 Å². The molecule has 0 atom stereocenters. The summed E-state index contributed by atoms with van der Waals surface area (Å²) >= 11 is 1.75. The molecule has 0 bridgehead atoms. The summed E-state index contributed by atoms with van der Waals surface area (Å²) in [7, 11) is 0. The maximum Gasteiger partial charge on any atom is 0.324 e. The fourth-order valence-electron chi connectivity index (χ4n) is 4.63. The molecule has 1 aliphatic carbocycles. The van der Waals surface area contributed by atoms with E-state index in [1.54, 1.807) is 25.6 Å². The summed E-state index contributed by atoms with van der Waals surface area (Å²) in [5, 5.41) is 0. The molecule has 0 fully saturated rings. The Kier molecular flexibility index (Phi) is 8.67. The van der Waals surface area contributed by atoms with Crippen LogP contribution < -0.4 is 0 Å². The Morgan fingerprint density at radius 3 is 1.78 bits per heavy atom. The molecule has 5 heteroatoms. The molecule has 4 nitrogen and oxygen atoms in total. The highest BCUT2D eigenvalue weighted by Gasteiger charge is 2.50. The average molecular weight is 513 g/mol. The van der Waals surface area contributed by atoms with Crippen molar-refractivity contribution in [2.45, 2.75) is 33.6 Å². The molecular formula is C32H32O4S. The Labute approximate surface area is 223 Å². The van der Waals surface area contributed by atoms with Crippen LogP contribution in [0.3, 0.4) is 0 Å². The fourth-order valence-corrected chi connectivity index (χ4v) is 5.77. The average Bonchev–Trinajstić information content (AvgIpc) is 2.92. The number of esters is 2. The standard InChI is InChI=1S/C32H32O4S/c1-4-35-30(33)32(31(34)36-5-2)21-23(3)18-25(22-32)17-16-24-19-28(26-12-8-6-9-13-26)37-29(20-24)27-14-10-7-11-15-27/h6-20H,4-5,21-22H2,1-3H3/b25-17-. The van der Waals surface area contributed by atoms with Crippen LogP contribution in [0.4, 0.5) is 0 Å². The van der Waals surface area contributed by atoms with E-state index in [1.807, 2.05) is 49.4 Å². The summed E-state index contributed by atoms with van der Waals surface area (Å²) < 4.78 is 10.7. The van der Waals surface area contributed by atoms with Gasteiger partial charge in [-0.15, -0.1) is 0 Å². The van der Waals surface area contributed by atoms with Gasteiger partial charge in [-0.05, 0) is 68.0 Å². The minimum absolute atomic E-state index is 0.212. The zero-order valence-corrected chi connectivity index (χ0v) is 22.3. The van der Waals surface area contributed by atoms with Gasteiger partial charge in [0.15, 0.2) is 5.41 Å². The molecule has 2 aromatic carbocycles. The number of thioether (sulfide) groups is 1. The van der Waals surface area contributed by atoms with Crippen LogP contribution in [0.15, 0.2) is 108 Å². The van der Waals surface area contributed by atoms with Gasteiger partial charge in [-0.2, -0.15) is 0 Å². The van der Waals surface area contributed by atoms with Gasteiger partial charge in [0.05, 0.1) is 13.2 Å². The van der Waals surface area contributed by atoms with Crippen LogP contribution in [-0.2, 0) is 19.1 Å². The van der Waals surface area contributed by atoms with E-state index >= 15 is 0 Å². The maximum absolute atomic E-state index is 13.0. The highest BCUT2D eigenvalue weighted by Crippen LogP contribution is 2.44. The van der Waals surface area contributed by atoms with Crippen LogP contribution in [-0.4, -0.2) is 25.2 Å². The Hall–Kier alpha value is -3.57. The number of carbonyl (C=O) groups excluding carboxylic acids is 2. The SMILES string of the molecule is CCOC(=O)C1(C(=O)OCC)CC(C)=C/C(=C/C=C2C=C(c3ccccc3)SC(c3ccccc3)=C2)C1.